The lowest BCUT2D eigenvalue weighted by Gasteiger charge is -2.12. The van der Waals surface area contributed by atoms with Crippen molar-refractivity contribution in [2.45, 2.75) is 26.3 Å². The second-order valence-corrected chi connectivity index (χ2v) is 4.36. The Labute approximate surface area is 112 Å². The van der Waals surface area contributed by atoms with E-state index < -0.39 is 0 Å². The number of rotatable bonds is 5. The molecule has 1 heterocycles. The van der Waals surface area contributed by atoms with E-state index in [9.17, 15) is 4.79 Å². The Kier molecular flexibility index (Phi) is 4.28. The molecule has 19 heavy (non-hydrogen) atoms. The number of hydrogen-bond acceptors (Lipinski definition) is 4. The number of hydrogen-bond donors (Lipinski definition) is 1. The summed E-state index contributed by atoms with van der Waals surface area (Å²) >= 11 is 0. The Bertz CT molecular complexity index is 566. The molecule has 0 radical (unpaired) electrons. The van der Waals surface area contributed by atoms with Gasteiger partial charge in [0.2, 0.25) is 5.88 Å². The van der Waals surface area contributed by atoms with E-state index in [1.165, 1.54) is 6.33 Å². The molecular weight excluding hydrogens is 242 g/mol. The number of para-hydroxylation sites is 1. The first kappa shape index (κ1) is 13.3. The van der Waals surface area contributed by atoms with Gasteiger partial charge in [-0.05, 0) is 25.5 Å². The van der Waals surface area contributed by atoms with Gasteiger partial charge in [0.05, 0.1) is 10.9 Å². The average molecular weight is 259 g/mol. The lowest BCUT2D eigenvalue weighted by molar-refractivity contribution is -0.123. The van der Waals surface area contributed by atoms with Crippen LogP contribution in [0.4, 0.5) is 0 Å². The van der Waals surface area contributed by atoms with E-state index in [-0.39, 0.29) is 18.6 Å². The van der Waals surface area contributed by atoms with Gasteiger partial charge >= 0.3 is 0 Å². The molecule has 0 fully saturated rings. The van der Waals surface area contributed by atoms with Gasteiger partial charge in [0, 0.05) is 6.04 Å². The molecule has 1 aromatic heterocycles. The number of benzene rings is 1. The van der Waals surface area contributed by atoms with Gasteiger partial charge in [0.15, 0.2) is 6.61 Å². The van der Waals surface area contributed by atoms with Gasteiger partial charge in [0.1, 0.15) is 6.33 Å². The zero-order chi connectivity index (χ0) is 13.7. The van der Waals surface area contributed by atoms with Crippen molar-refractivity contribution >= 4 is 16.8 Å². The number of carbonyl (C=O) groups is 1. The molecule has 0 bridgehead atoms. The maximum Gasteiger partial charge on any atom is 0.258 e. The van der Waals surface area contributed by atoms with Gasteiger partial charge in [-0.3, -0.25) is 4.79 Å². The van der Waals surface area contributed by atoms with Crippen molar-refractivity contribution in [1.82, 2.24) is 15.3 Å². The molecule has 5 heteroatoms. The Morgan fingerprint density at radius 3 is 2.95 bits per heavy atom. The first-order valence-electron chi connectivity index (χ1n) is 6.32. The normalized spacial score (nSPS) is 12.1. The summed E-state index contributed by atoms with van der Waals surface area (Å²) in [5.74, 6) is 0.293. The molecule has 2 rings (SSSR count). The van der Waals surface area contributed by atoms with Crippen molar-refractivity contribution in [2.24, 2.45) is 0 Å². The molecule has 0 unspecified atom stereocenters. The first-order chi connectivity index (χ1) is 9.20. The predicted molar refractivity (Wildman–Crippen MR) is 72.9 cm³/mol. The van der Waals surface area contributed by atoms with Crippen LogP contribution < -0.4 is 10.1 Å². The summed E-state index contributed by atoms with van der Waals surface area (Å²) in [6.45, 7) is 3.94. The monoisotopic (exact) mass is 259 g/mol. The number of amides is 1. The summed E-state index contributed by atoms with van der Waals surface area (Å²) < 4.78 is 5.46. The largest absolute Gasteiger partial charge is 0.467 e. The van der Waals surface area contributed by atoms with Crippen LogP contribution >= 0.6 is 0 Å². The van der Waals surface area contributed by atoms with Crippen LogP contribution in [0.15, 0.2) is 30.6 Å². The molecule has 2 aromatic rings. The molecule has 0 aliphatic rings. The van der Waals surface area contributed by atoms with Gasteiger partial charge in [-0.2, -0.15) is 0 Å². The highest BCUT2D eigenvalue weighted by atomic mass is 16.5. The molecule has 1 N–H and O–H groups in total. The number of carbonyl (C=O) groups excluding carboxylic acids is 1. The Balaban J connectivity index is 2.04. The van der Waals surface area contributed by atoms with Gasteiger partial charge in [-0.15, -0.1) is 0 Å². The topological polar surface area (TPSA) is 64.1 Å². The van der Waals surface area contributed by atoms with Gasteiger partial charge in [-0.1, -0.05) is 19.1 Å². The van der Waals surface area contributed by atoms with E-state index in [0.717, 1.165) is 17.3 Å². The number of nitrogens with one attached hydrogen (secondary N) is 1. The quantitative estimate of drug-likeness (QED) is 0.891. The predicted octanol–water partition coefficient (Wildman–Crippen LogP) is 1.92. The van der Waals surface area contributed by atoms with Crippen LogP contribution in [-0.2, 0) is 4.79 Å². The van der Waals surface area contributed by atoms with Gasteiger partial charge in [-0.25, -0.2) is 9.97 Å². The van der Waals surface area contributed by atoms with Crippen LogP contribution in [0.2, 0.25) is 0 Å². The number of ether oxygens (including phenoxy) is 1. The Morgan fingerprint density at radius 2 is 2.16 bits per heavy atom. The van der Waals surface area contributed by atoms with Crippen LogP contribution in [0.25, 0.3) is 10.9 Å². The Hall–Kier alpha value is -2.17. The molecule has 0 aliphatic carbocycles. The summed E-state index contributed by atoms with van der Waals surface area (Å²) in [4.78, 5) is 19.8. The SMILES string of the molecule is CC[C@@H](C)NC(=O)COc1ncnc2ccccc12. The highest BCUT2D eigenvalue weighted by molar-refractivity contribution is 5.84. The highest BCUT2D eigenvalue weighted by Crippen LogP contribution is 2.20. The third-order valence-corrected chi connectivity index (χ3v) is 2.87. The summed E-state index contributed by atoms with van der Waals surface area (Å²) in [5, 5.41) is 3.65. The number of fused-ring (bicyclic) bond motifs is 1. The Morgan fingerprint density at radius 1 is 1.37 bits per heavy atom. The fourth-order valence-electron chi connectivity index (χ4n) is 1.65. The number of nitrogens with zero attached hydrogens (tertiary/aromatic N) is 2. The van der Waals surface area contributed by atoms with Crippen LogP contribution in [0.1, 0.15) is 20.3 Å². The van der Waals surface area contributed by atoms with Crippen LogP contribution in [0.3, 0.4) is 0 Å². The summed E-state index contributed by atoms with van der Waals surface area (Å²) in [7, 11) is 0. The molecule has 0 aliphatic heterocycles. The summed E-state index contributed by atoms with van der Waals surface area (Å²) in [6, 6.07) is 7.69. The second-order valence-electron chi connectivity index (χ2n) is 4.36. The van der Waals surface area contributed by atoms with Crippen molar-refractivity contribution in [3.63, 3.8) is 0 Å². The standard InChI is InChI=1S/C14H17N3O2/c1-3-10(2)17-13(18)8-19-14-11-6-4-5-7-12(11)15-9-16-14/h4-7,9-10H,3,8H2,1-2H3,(H,17,18)/t10-/m1/s1. The molecule has 0 saturated heterocycles. The minimum Gasteiger partial charge on any atom is -0.467 e. The maximum absolute atomic E-state index is 11.6. The molecular formula is C14H17N3O2. The molecule has 0 spiro atoms. The van der Waals surface area contributed by atoms with E-state index in [1.807, 2.05) is 38.1 Å². The highest BCUT2D eigenvalue weighted by Gasteiger charge is 2.09. The van der Waals surface area contributed by atoms with E-state index in [0.29, 0.717) is 5.88 Å². The molecule has 1 atom stereocenters. The van der Waals surface area contributed by atoms with E-state index in [4.69, 9.17) is 4.74 Å². The third-order valence-electron chi connectivity index (χ3n) is 2.87. The van der Waals surface area contributed by atoms with Crippen molar-refractivity contribution in [1.29, 1.82) is 0 Å². The van der Waals surface area contributed by atoms with Crippen LogP contribution in [0.5, 0.6) is 5.88 Å². The molecule has 0 saturated carbocycles. The van der Waals surface area contributed by atoms with E-state index >= 15 is 0 Å². The third kappa shape index (κ3) is 3.40. The minimum absolute atomic E-state index is 0.0364. The summed E-state index contributed by atoms with van der Waals surface area (Å²) in [5.41, 5.74) is 0.801. The van der Waals surface area contributed by atoms with Crippen molar-refractivity contribution in [3.8, 4) is 5.88 Å². The summed E-state index contributed by atoms with van der Waals surface area (Å²) in [6.07, 6.45) is 2.33. The minimum atomic E-state index is -0.142. The fourth-order valence-corrected chi connectivity index (χ4v) is 1.65. The molecule has 100 valence electrons. The molecule has 1 aromatic carbocycles. The molecule has 5 nitrogen and oxygen atoms in total. The average Bonchev–Trinajstić information content (AvgIpc) is 2.44. The van der Waals surface area contributed by atoms with Crippen molar-refractivity contribution in [3.05, 3.63) is 30.6 Å². The lowest BCUT2D eigenvalue weighted by Crippen LogP contribution is -2.35. The second kappa shape index (κ2) is 6.13. The van der Waals surface area contributed by atoms with Crippen LogP contribution in [0, 0.1) is 0 Å². The lowest BCUT2D eigenvalue weighted by atomic mass is 10.2. The van der Waals surface area contributed by atoms with Gasteiger partial charge in [0.25, 0.3) is 5.91 Å². The van der Waals surface area contributed by atoms with E-state index in [2.05, 4.69) is 15.3 Å². The zero-order valence-corrected chi connectivity index (χ0v) is 11.1. The van der Waals surface area contributed by atoms with Crippen LogP contribution in [-0.4, -0.2) is 28.5 Å². The van der Waals surface area contributed by atoms with E-state index in [1.54, 1.807) is 0 Å². The fraction of sp³-hybridized carbons (Fsp3) is 0.357. The first-order valence-corrected chi connectivity index (χ1v) is 6.32. The zero-order valence-electron chi connectivity index (χ0n) is 11.1. The molecule has 1 amide bonds. The smallest absolute Gasteiger partial charge is 0.258 e. The number of aromatic nitrogens is 2. The maximum atomic E-state index is 11.6. The van der Waals surface area contributed by atoms with Crippen molar-refractivity contribution < 1.29 is 9.53 Å². The van der Waals surface area contributed by atoms with Crippen molar-refractivity contribution in [2.75, 3.05) is 6.61 Å². The van der Waals surface area contributed by atoms with Gasteiger partial charge < -0.3 is 10.1 Å².